The Kier molecular flexibility index (Phi) is 13.6. The summed E-state index contributed by atoms with van der Waals surface area (Å²) in [7, 11) is -0.0915. The molecule has 0 saturated carbocycles. The van der Waals surface area contributed by atoms with Crippen molar-refractivity contribution in [1.29, 1.82) is 0 Å². The van der Waals surface area contributed by atoms with Gasteiger partial charge in [0.25, 0.3) is 0 Å². The van der Waals surface area contributed by atoms with Crippen molar-refractivity contribution in [3.8, 4) is 5.75 Å². The van der Waals surface area contributed by atoms with Crippen LogP contribution >= 0.6 is 0 Å². The van der Waals surface area contributed by atoms with Gasteiger partial charge in [-0.1, -0.05) is 88.8 Å². The van der Waals surface area contributed by atoms with Gasteiger partial charge >= 0.3 is 0 Å². The second-order valence-electron chi connectivity index (χ2n) is 8.10. The molecule has 0 fully saturated rings. The van der Waals surface area contributed by atoms with E-state index >= 15 is 0 Å². The van der Waals surface area contributed by atoms with Gasteiger partial charge in [0, 0.05) is 5.97 Å². The van der Waals surface area contributed by atoms with Crippen LogP contribution in [0.3, 0.4) is 0 Å². The summed E-state index contributed by atoms with van der Waals surface area (Å²) in [5.41, 5.74) is 0. The van der Waals surface area contributed by atoms with E-state index in [1.165, 1.54) is 60.1 Å². The zero-order chi connectivity index (χ0) is 24.4. The summed E-state index contributed by atoms with van der Waals surface area (Å²) in [5.74, 6) is -0.0191. The summed E-state index contributed by atoms with van der Waals surface area (Å²) in [6.07, 6.45) is 9.29. The summed E-state index contributed by atoms with van der Waals surface area (Å²) < 4.78 is 5.98. The van der Waals surface area contributed by atoms with Crippen LogP contribution in [0.25, 0.3) is 0 Å². The van der Waals surface area contributed by atoms with E-state index in [9.17, 15) is 9.90 Å². The van der Waals surface area contributed by atoms with E-state index in [0.717, 1.165) is 18.8 Å². The molecule has 34 heavy (non-hydrogen) atoms. The maximum atomic E-state index is 9.26. The Morgan fingerprint density at radius 3 is 1.59 bits per heavy atom. The van der Waals surface area contributed by atoms with Crippen LogP contribution in [-0.2, 0) is 15.7 Å². The molecule has 0 aliphatic heterocycles. The minimum absolute atomic E-state index is 0.0915. The Morgan fingerprint density at radius 1 is 0.676 bits per heavy atom. The Balaban J connectivity index is 0.000000739. The zero-order valence-electron chi connectivity index (χ0n) is 20.6. The largest absolute Gasteiger partial charge is 0.550 e. The van der Waals surface area contributed by atoms with Crippen LogP contribution in [0, 0.1) is 0 Å². The van der Waals surface area contributed by atoms with Crippen molar-refractivity contribution in [2.45, 2.75) is 79.9 Å². The first kappa shape index (κ1) is 27.5. The molecule has 3 nitrogen and oxygen atoms in total. The van der Waals surface area contributed by atoms with Gasteiger partial charge in [0.1, 0.15) is 5.75 Å². The number of hydrogen-bond donors (Lipinski definition) is 0. The van der Waals surface area contributed by atoms with Crippen molar-refractivity contribution in [1.82, 2.24) is 0 Å². The van der Waals surface area contributed by atoms with Crippen molar-refractivity contribution in [3.63, 3.8) is 0 Å². The van der Waals surface area contributed by atoms with E-state index in [-0.39, 0.29) is 17.3 Å². The third kappa shape index (κ3) is 10.5. The predicted molar refractivity (Wildman–Crippen MR) is 140 cm³/mol. The van der Waals surface area contributed by atoms with E-state index in [1.807, 2.05) is 0 Å². The molecule has 3 aromatic rings. The van der Waals surface area contributed by atoms with Crippen LogP contribution in [0.2, 0.25) is 0 Å². The van der Waals surface area contributed by atoms with Crippen molar-refractivity contribution >= 4 is 16.9 Å². The van der Waals surface area contributed by atoms with Crippen molar-refractivity contribution < 1.29 is 14.6 Å². The van der Waals surface area contributed by atoms with E-state index in [2.05, 4.69) is 91.9 Å². The lowest BCUT2D eigenvalue weighted by atomic mass is 10.1. The Hall–Kier alpha value is -2.72. The first-order valence-corrected chi connectivity index (χ1v) is 13.6. The number of benzene rings is 3. The fourth-order valence-corrected chi connectivity index (χ4v) is 5.53. The highest BCUT2D eigenvalue weighted by atomic mass is 32.2. The highest BCUT2D eigenvalue weighted by Gasteiger charge is 2.28. The van der Waals surface area contributed by atoms with Crippen molar-refractivity contribution in [3.05, 3.63) is 84.9 Å². The number of carbonyl (C=O) groups excluding carboxylic acids is 1. The van der Waals surface area contributed by atoms with Crippen LogP contribution in [-0.4, -0.2) is 12.6 Å². The molecule has 0 heterocycles. The number of unbranched alkanes of at least 4 members (excludes halogenated alkanes) is 6. The number of carboxylic acids is 1. The van der Waals surface area contributed by atoms with Gasteiger partial charge in [-0.2, -0.15) is 0 Å². The second-order valence-corrected chi connectivity index (χ2v) is 10.1. The van der Waals surface area contributed by atoms with Crippen LogP contribution in [0.1, 0.15) is 65.2 Å². The lowest BCUT2D eigenvalue weighted by Gasteiger charge is -2.09. The molecular weight excluding hydrogens is 440 g/mol. The molecule has 0 atom stereocenters. The molecule has 0 spiro atoms. The lowest BCUT2D eigenvalue weighted by Crippen LogP contribution is -2.19. The standard InChI is InChI=1S/C27H33OS.C3H6O2/c1-2-3-4-5-6-7-14-23-28-24-19-21-27(22-20-24)29(25-15-10-8-11-16-25)26-17-12-9-13-18-26;1-2-3(4)5/h8-13,15-22H,2-7,14,23H2,1H3;2H2,1H3,(H,4,5)/q+1;/p-1. The monoisotopic (exact) mass is 478 g/mol. The van der Waals surface area contributed by atoms with Gasteiger partial charge < -0.3 is 14.6 Å². The number of aliphatic carboxylic acids is 1. The Bertz CT molecular complexity index is 871. The van der Waals surface area contributed by atoms with E-state index < -0.39 is 5.97 Å². The molecule has 0 bridgehead atoms. The molecule has 0 unspecified atom stereocenters. The topological polar surface area (TPSA) is 49.4 Å². The fraction of sp³-hybridized carbons (Fsp3) is 0.367. The van der Waals surface area contributed by atoms with Gasteiger partial charge in [-0.15, -0.1) is 0 Å². The quantitative estimate of drug-likeness (QED) is 0.195. The normalized spacial score (nSPS) is 10.4. The van der Waals surface area contributed by atoms with Gasteiger partial charge in [0.2, 0.25) is 0 Å². The molecule has 0 radical (unpaired) electrons. The highest BCUT2D eigenvalue weighted by Crippen LogP contribution is 2.31. The molecule has 182 valence electrons. The van der Waals surface area contributed by atoms with Gasteiger partial charge in [-0.05, 0) is 61.4 Å². The van der Waals surface area contributed by atoms with Gasteiger partial charge in [-0.3, -0.25) is 0 Å². The smallest absolute Gasteiger partial charge is 0.166 e. The third-order valence-electron chi connectivity index (χ3n) is 5.32. The summed E-state index contributed by atoms with van der Waals surface area (Å²) in [4.78, 5) is 13.3. The third-order valence-corrected chi connectivity index (χ3v) is 7.55. The number of ether oxygens (including phenoxy) is 1. The van der Waals surface area contributed by atoms with Gasteiger partial charge in [0.05, 0.1) is 17.5 Å². The van der Waals surface area contributed by atoms with Crippen LogP contribution in [0.15, 0.2) is 99.6 Å². The summed E-state index contributed by atoms with van der Waals surface area (Å²) >= 11 is 0. The fourth-order valence-electron chi connectivity index (χ4n) is 3.44. The van der Waals surface area contributed by atoms with Crippen LogP contribution in [0.5, 0.6) is 5.75 Å². The molecule has 3 aromatic carbocycles. The minimum Gasteiger partial charge on any atom is -0.550 e. The first-order chi connectivity index (χ1) is 16.7. The number of rotatable bonds is 13. The average Bonchev–Trinajstić information content (AvgIpc) is 2.88. The summed E-state index contributed by atoms with van der Waals surface area (Å²) in [6.45, 7) is 4.62. The highest BCUT2D eigenvalue weighted by molar-refractivity contribution is 7.97. The zero-order valence-corrected chi connectivity index (χ0v) is 21.4. The summed E-state index contributed by atoms with van der Waals surface area (Å²) in [6, 6.07) is 30.3. The van der Waals surface area contributed by atoms with Gasteiger partial charge in [-0.25, -0.2) is 0 Å². The van der Waals surface area contributed by atoms with Crippen LogP contribution in [0.4, 0.5) is 0 Å². The lowest BCUT2D eigenvalue weighted by molar-refractivity contribution is -0.305. The predicted octanol–water partition coefficient (Wildman–Crippen LogP) is 7.06. The van der Waals surface area contributed by atoms with Gasteiger partial charge in [0.15, 0.2) is 14.7 Å². The molecule has 4 heteroatoms. The van der Waals surface area contributed by atoms with Crippen molar-refractivity contribution in [2.75, 3.05) is 6.61 Å². The maximum absolute atomic E-state index is 9.26. The average molecular weight is 479 g/mol. The Labute approximate surface area is 208 Å². The molecule has 0 saturated heterocycles. The molecule has 0 aromatic heterocycles. The maximum Gasteiger partial charge on any atom is 0.166 e. The molecular formula is C30H38O3S. The molecule has 0 aliphatic carbocycles. The van der Waals surface area contributed by atoms with E-state index in [0.29, 0.717) is 0 Å². The Morgan fingerprint density at radius 2 is 1.12 bits per heavy atom. The molecule has 0 N–H and O–H groups in total. The summed E-state index contributed by atoms with van der Waals surface area (Å²) in [5, 5.41) is 9.26. The number of hydrogen-bond acceptors (Lipinski definition) is 3. The second kappa shape index (κ2) is 16.8. The molecule has 0 amide bonds. The molecule has 3 rings (SSSR count). The van der Waals surface area contributed by atoms with E-state index in [1.54, 1.807) is 0 Å². The minimum atomic E-state index is -0.995. The van der Waals surface area contributed by atoms with Crippen molar-refractivity contribution in [2.24, 2.45) is 0 Å². The number of carbonyl (C=O) groups is 1. The number of carboxylic acid groups (broad SMARTS) is 1. The molecule has 0 aliphatic rings. The first-order valence-electron chi connectivity index (χ1n) is 12.4. The SMILES string of the molecule is CCC(=O)[O-].CCCCCCCCCOc1ccc([S+](c2ccccc2)c2ccccc2)cc1. The van der Waals surface area contributed by atoms with Crippen LogP contribution < -0.4 is 9.84 Å². The van der Waals surface area contributed by atoms with E-state index in [4.69, 9.17) is 4.74 Å².